The first-order valence-corrected chi connectivity index (χ1v) is 19.0. The molecule has 0 aliphatic heterocycles. The lowest BCUT2D eigenvalue weighted by atomic mass is 9.82. The van der Waals surface area contributed by atoms with Crippen LogP contribution >= 0.6 is 0 Å². The topological polar surface area (TPSA) is 3.24 Å². The molecule has 0 saturated heterocycles. The van der Waals surface area contributed by atoms with E-state index in [2.05, 4.69) is 195 Å². The highest BCUT2D eigenvalue weighted by atomic mass is 15.1. The predicted molar refractivity (Wildman–Crippen MR) is 232 cm³/mol. The fourth-order valence-corrected chi connectivity index (χ4v) is 10.1. The molecule has 12 rings (SSSR count). The Morgan fingerprint density at radius 1 is 0.352 bits per heavy atom. The fourth-order valence-electron chi connectivity index (χ4n) is 10.1. The standard InChI is InChI=1S/C53H35N/c1-53(2)45-20-6-5-16-43(45)52-46(53)21-10-22-47(52)54(38-28-27-32-11-3-4-12-36(32)29-38)39-30-37-26-25-35-14-8-18-41-40-17-7-13-33-23-24-34-15-9-19-42(50(34)48(33)40)44(31-39)51(37)49(35)41/h3-31H,1-2H3. The molecule has 0 saturated carbocycles. The molecule has 0 atom stereocenters. The smallest absolute Gasteiger partial charge is 0.0543 e. The van der Waals surface area contributed by atoms with Gasteiger partial charge in [-0.05, 0) is 122 Å². The van der Waals surface area contributed by atoms with Crippen molar-refractivity contribution in [3.8, 4) is 11.1 Å². The van der Waals surface area contributed by atoms with Crippen LogP contribution in [0.5, 0.6) is 0 Å². The van der Waals surface area contributed by atoms with Crippen molar-refractivity contribution >= 4 is 92.5 Å². The Bertz CT molecular complexity index is 3360. The molecule has 252 valence electrons. The second-order valence-corrected chi connectivity index (χ2v) is 15.7. The maximum absolute atomic E-state index is 2.53. The van der Waals surface area contributed by atoms with Crippen molar-refractivity contribution in [3.63, 3.8) is 0 Å². The molecule has 0 N–H and O–H groups in total. The summed E-state index contributed by atoms with van der Waals surface area (Å²) in [7, 11) is 0. The van der Waals surface area contributed by atoms with Crippen LogP contribution in [0, 0.1) is 0 Å². The summed E-state index contributed by atoms with van der Waals surface area (Å²) in [5.41, 5.74) is 8.77. The molecule has 0 spiro atoms. The molecule has 0 fully saturated rings. The van der Waals surface area contributed by atoms with Gasteiger partial charge in [-0.2, -0.15) is 0 Å². The highest BCUT2D eigenvalue weighted by Crippen LogP contribution is 2.55. The van der Waals surface area contributed by atoms with E-state index in [0.717, 1.165) is 11.4 Å². The van der Waals surface area contributed by atoms with Crippen LogP contribution in [0.1, 0.15) is 25.0 Å². The molecule has 0 aromatic heterocycles. The van der Waals surface area contributed by atoms with Crippen molar-refractivity contribution in [3.05, 3.63) is 187 Å². The first-order chi connectivity index (χ1) is 26.5. The molecular formula is C53H35N. The van der Waals surface area contributed by atoms with Gasteiger partial charge in [0.1, 0.15) is 0 Å². The predicted octanol–water partition coefficient (Wildman–Crippen LogP) is 15.0. The quantitative estimate of drug-likeness (QED) is 0.167. The SMILES string of the molecule is CC1(C)c2ccccc2-c2c(N(c3ccc4ccccc4c3)c3cc4ccc5cccc6c7cccc8ccc9cccc(c(c3)c4c56)c9c87)cccc21. The minimum Gasteiger partial charge on any atom is -0.310 e. The zero-order valence-electron chi connectivity index (χ0n) is 30.2. The Hall–Kier alpha value is -6.70. The van der Waals surface area contributed by atoms with Gasteiger partial charge in [0.25, 0.3) is 0 Å². The molecule has 0 bridgehead atoms. The van der Waals surface area contributed by atoms with Crippen LogP contribution in [0.15, 0.2) is 176 Å². The highest BCUT2D eigenvalue weighted by molar-refractivity contribution is 6.37. The van der Waals surface area contributed by atoms with Crippen LogP contribution < -0.4 is 4.90 Å². The third-order valence-corrected chi connectivity index (χ3v) is 12.5. The van der Waals surface area contributed by atoms with E-state index in [1.54, 1.807) is 0 Å². The summed E-state index contributed by atoms with van der Waals surface area (Å²) in [5.74, 6) is 0. The summed E-state index contributed by atoms with van der Waals surface area (Å²) in [5, 5.41) is 18.0. The van der Waals surface area contributed by atoms with Crippen molar-refractivity contribution < 1.29 is 0 Å². The largest absolute Gasteiger partial charge is 0.310 e. The molecule has 0 amide bonds. The Morgan fingerprint density at radius 3 is 1.56 bits per heavy atom. The molecule has 11 aromatic rings. The van der Waals surface area contributed by atoms with Gasteiger partial charge in [-0.3, -0.25) is 0 Å². The second kappa shape index (κ2) is 10.7. The minimum atomic E-state index is -0.112. The molecule has 1 nitrogen and oxygen atoms in total. The Labute approximate surface area is 313 Å². The normalized spacial score (nSPS) is 13.5. The Morgan fingerprint density at radius 2 is 0.852 bits per heavy atom. The number of nitrogens with zero attached hydrogens (tertiary/aromatic N) is 1. The number of fused-ring (bicyclic) bond motifs is 6. The van der Waals surface area contributed by atoms with E-state index >= 15 is 0 Å². The van der Waals surface area contributed by atoms with Gasteiger partial charge in [0, 0.05) is 22.4 Å². The molecule has 11 aromatic carbocycles. The molecule has 0 radical (unpaired) electrons. The molecule has 1 aliphatic carbocycles. The van der Waals surface area contributed by atoms with Crippen molar-refractivity contribution in [1.82, 2.24) is 0 Å². The maximum Gasteiger partial charge on any atom is 0.0543 e. The van der Waals surface area contributed by atoms with Crippen molar-refractivity contribution in [1.29, 1.82) is 0 Å². The maximum atomic E-state index is 2.53. The van der Waals surface area contributed by atoms with E-state index in [9.17, 15) is 0 Å². The van der Waals surface area contributed by atoms with Crippen LogP contribution in [-0.2, 0) is 5.41 Å². The number of benzene rings is 10. The summed E-state index contributed by atoms with van der Waals surface area (Å²) in [6.45, 7) is 4.74. The van der Waals surface area contributed by atoms with E-state index in [-0.39, 0.29) is 5.41 Å². The summed E-state index contributed by atoms with van der Waals surface area (Å²) < 4.78 is 0. The van der Waals surface area contributed by atoms with Gasteiger partial charge < -0.3 is 4.90 Å². The lowest BCUT2D eigenvalue weighted by molar-refractivity contribution is 0.660. The van der Waals surface area contributed by atoms with Crippen LogP contribution in [0.2, 0.25) is 0 Å². The summed E-state index contributed by atoms with van der Waals surface area (Å²) >= 11 is 0. The van der Waals surface area contributed by atoms with Gasteiger partial charge >= 0.3 is 0 Å². The first kappa shape index (κ1) is 29.8. The van der Waals surface area contributed by atoms with E-state index in [1.807, 2.05) is 0 Å². The fraction of sp³-hybridized carbons (Fsp3) is 0.0566. The van der Waals surface area contributed by atoms with Gasteiger partial charge in [0.15, 0.2) is 0 Å². The third kappa shape index (κ3) is 3.94. The van der Waals surface area contributed by atoms with Gasteiger partial charge in [0.2, 0.25) is 0 Å². The van der Waals surface area contributed by atoms with E-state index in [4.69, 9.17) is 0 Å². The van der Waals surface area contributed by atoms with Crippen molar-refractivity contribution in [2.45, 2.75) is 19.3 Å². The van der Waals surface area contributed by atoms with Gasteiger partial charge in [-0.25, -0.2) is 0 Å². The zero-order valence-corrected chi connectivity index (χ0v) is 30.2. The number of hydrogen-bond acceptors (Lipinski definition) is 1. The van der Waals surface area contributed by atoms with E-state index in [1.165, 1.54) is 103 Å². The van der Waals surface area contributed by atoms with Crippen molar-refractivity contribution in [2.24, 2.45) is 0 Å². The van der Waals surface area contributed by atoms with Gasteiger partial charge in [0.05, 0.1) is 5.69 Å². The van der Waals surface area contributed by atoms with Crippen LogP contribution in [0.3, 0.4) is 0 Å². The lowest BCUT2D eigenvalue weighted by Crippen LogP contribution is -2.16. The molecule has 54 heavy (non-hydrogen) atoms. The highest BCUT2D eigenvalue weighted by Gasteiger charge is 2.37. The lowest BCUT2D eigenvalue weighted by Gasteiger charge is -2.30. The molecule has 0 heterocycles. The molecule has 1 aliphatic rings. The van der Waals surface area contributed by atoms with Crippen LogP contribution in [-0.4, -0.2) is 0 Å². The van der Waals surface area contributed by atoms with Gasteiger partial charge in [-0.1, -0.05) is 159 Å². The third-order valence-electron chi connectivity index (χ3n) is 12.5. The first-order valence-electron chi connectivity index (χ1n) is 19.0. The molecular weight excluding hydrogens is 651 g/mol. The number of anilines is 3. The average molecular weight is 686 g/mol. The molecule has 1 heteroatoms. The van der Waals surface area contributed by atoms with E-state index in [0.29, 0.717) is 0 Å². The van der Waals surface area contributed by atoms with Gasteiger partial charge in [-0.15, -0.1) is 0 Å². The average Bonchev–Trinajstić information content (AvgIpc) is 3.45. The number of rotatable bonds is 3. The second-order valence-electron chi connectivity index (χ2n) is 15.7. The summed E-state index contributed by atoms with van der Waals surface area (Å²) in [6, 6.07) is 66.3. The van der Waals surface area contributed by atoms with Crippen molar-refractivity contribution in [2.75, 3.05) is 4.90 Å². The Balaban J connectivity index is 1.27. The van der Waals surface area contributed by atoms with Crippen LogP contribution in [0.25, 0.3) is 86.5 Å². The zero-order chi connectivity index (χ0) is 35.7. The molecule has 0 unspecified atom stereocenters. The number of hydrogen-bond donors (Lipinski definition) is 0. The Kier molecular flexibility index (Phi) is 5.90. The van der Waals surface area contributed by atoms with Crippen LogP contribution in [0.4, 0.5) is 17.1 Å². The van der Waals surface area contributed by atoms with E-state index < -0.39 is 0 Å². The summed E-state index contributed by atoms with van der Waals surface area (Å²) in [6.07, 6.45) is 0. The summed E-state index contributed by atoms with van der Waals surface area (Å²) in [4.78, 5) is 2.53. The monoisotopic (exact) mass is 685 g/mol. The minimum absolute atomic E-state index is 0.112.